The number of methoxy groups -OCH3 is 1. The second kappa shape index (κ2) is 5.07. The average Bonchev–Trinajstić information content (AvgIpc) is 2.61. The molecule has 0 radical (unpaired) electrons. The number of hydrogen-bond acceptors (Lipinski definition) is 2. The van der Waals surface area contributed by atoms with Crippen LogP contribution in [-0.2, 0) is 11.3 Å². The van der Waals surface area contributed by atoms with Crippen molar-refractivity contribution in [1.82, 2.24) is 4.98 Å². The van der Waals surface area contributed by atoms with Crippen LogP contribution in [0, 0.1) is 10.8 Å². The Labute approximate surface area is 96.3 Å². The number of aromatic nitrogens is 1. The number of aromatic amines is 1. The molecule has 0 fully saturated rings. The van der Waals surface area contributed by atoms with Crippen LogP contribution in [0.15, 0.2) is 17.1 Å². The zero-order valence-electron chi connectivity index (χ0n) is 10.3. The highest BCUT2D eigenvalue weighted by atomic mass is 16.5. The van der Waals surface area contributed by atoms with Gasteiger partial charge in [0.2, 0.25) is 0 Å². The molecule has 0 aliphatic carbocycles. The Hall–Kier alpha value is -1.42. The second-order valence-corrected chi connectivity index (χ2v) is 4.73. The third kappa shape index (κ3) is 3.62. The topological polar surface area (TPSA) is 61.2 Å². The van der Waals surface area contributed by atoms with E-state index < -0.39 is 0 Å². The summed E-state index contributed by atoms with van der Waals surface area (Å²) in [5.74, 6) is 0.371. The van der Waals surface area contributed by atoms with Crippen LogP contribution >= 0.6 is 0 Å². The first-order valence-electron chi connectivity index (χ1n) is 5.23. The van der Waals surface area contributed by atoms with Crippen molar-refractivity contribution < 1.29 is 4.74 Å². The SMILES string of the molecule is COCc1ccc(C=NC(=N)C(C)(C)C)[nH]1. The molecule has 0 bridgehead atoms. The maximum Gasteiger partial charge on any atom is 0.125 e. The van der Waals surface area contributed by atoms with Crippen molar-refractivity contribution in [2.75, 3.05) is 7.11 Å². The van der Waals surface area contributed by atoms with Gasteiger partial charge in [0.1, 0.15) is 5.84 Å². The van der Waals surface area contributed by atoms with Crippen molar-refractivity contribution in [3.63, 3.8) is 0 Å². The Morgan fingerprint density at radius 2 is 2.19 bits per heavy atom. The molecule has 0 aliphatic rings. The van der Waals surface area contributed by atoms with Crippen LogP contribution in [0.4, 0.5) is 0 Å². The van der Waals surface area contributed by atoms with E-state index in [1.165, 1.54) is 0 Å². The summed E-state index contributed by atoms with van der Waals surface area (Å²) < 4.78 is 5.00. The number of aliphatic imine (C=N–C) groups is 1. The largest absolute Gasteiger partial charge is 0.378 e. The second-order valence-electron chi connectivity index (χ2n) is 4.73. The first-order chi connectivity index (χ1) is 7.43. The zero-order valence-corrected chi connectivity index (χ0v) is 10.3. The quantitative estimate of drug-likeness (QED) is 0.598. The van der Waals surface area contributed by atoms with Gasteiger partial charge in [0.25, 0.3) is 0 Å². The number of hydrogen-bond donors (Lipinski definition) is 2. The van der Waals surface area contributed by atoms with Gasteiger partial charge in [-0.05, 0) is 12.1 Å². The molecule has 0 aliphatic heterocycles. The highest BCUT2D eigenvalue weighted by Gasteiger charge is 2.15. The molecule has 0 saturated carbocycles. The normalized spacial score (nSPS) is 12.2. The summed E-state index contributed by atoms with van der Waals surface area (Å²) >= 11 is 0. The van der Waals surface area contributed by atoms with Gasteiger partial charge in [-0.15, -0.1) is 0 Å². The van der Waals surface area contributed by atoms with Crippen LogP contribution in [0.2, 0.25) is 0 Å². The molecule has 0 spiro atoms. The van der Waals surface area contributed by atoms with E-state index in [2.05, 4.69) is 9.98 Å². The summed E-state index contributed by atoms with van der Waals surface area (Å²) in [7, 11) is 1.66. The molecule has 88 valence electrons. The average molecular weight is 221 g/mol. The van der Waals surface area contributed by atoms with Gasteiger partial charge in [0, 0.05) is 18.2 Å². The molecule has 0 aromatic carbocycles. The number of amidine groups is 1. The minimum absolute atomic E-state index is 0.210. The summed E-state index contributed by atoms with van der Waals surface area (Å²) in [5, 5.41) is 7.74. The van der Waals surface area contributed by atoms with Gasteiger partial charge in [0.15, 0.2) is 0 Å². The summed E-state index contributed by atoms with van der Waals surface area (Å²) in [6.07, 6.45) is 1.67. The summed E-state index contributed by atoms with van der Waals surface area (Å²) in [6, 6.07) is 3.87. The summed E-state index contributed by atoms with van der Waals surface area (Å²) in [4.78, 5) is 7.28. The van der Waals surface area contributed by atoms with Gasteiger partial charge < -0.3 is 9.72 Å². The Balaban J connectivity index is 2.66. The molecule has 1 aromatic rings. The van der Waals surface area contributed by atoms with E-state index in [-0.39, 0.29) is 5.41 Å². The van der Waals surface area contributed by atoms with Crippen LogP contribution in [0.3, 0.4) is 0 Å². The number of ether oxygens (including phenoxy) is 1. The number of nitrogens with one attached hydrogen (secondary N) is 2. The lowest BCUT2D eigenvalue weighted by Gasteiger charge is -2.14. The van der Waals surface area contributed by atoms with Crippen LogP contribution in [0.25, 0.3) is 0 Å². The van der Waals surface area contributed by atoms with E-state index >= 15 is 0 Å². The van der Waals surface area contributed by atoms with Gasteiger partial charge in [0.05, 0.1) is 18.5 Å². The molecule has 0 atom stereocenters. The number of H-pyrrole nitrogens is 1. The van der Waals surface area contributed by atoms with Gasteiger partial charge >= 0.3 is 0 Å². The van der Waals surface area contributed by atoms with Gasteiger partial charge in [-0.1, -0.05) is 20.8 Å². The van der Waals surface area contributed by atoms with Crippen molar-refractivity contribution in [3.05, 3.63) is 23.5 Å². The number of nitrogens with zero attached hydrogens (tertiary/aromatic N) is 1. The minimum Gasteiger partial charge on any atom is -0.378 e. The highest BCUT2D eigenvalue weighted by Crippen LogP contribution is 2.15. The first-order valence-corrected chi connectivity index (χ1v) is 5.23. The lowest BCUT2D eigenvalue weighted by molar-refractivity contribution is 0.182. The van der Waals surface area contributed by atoms with Gasteiger partial charge in [-0.25, -0.2) is 4.99 Å². The standard InChI is InChI=1S/C12H19N3O/c1-12(2,3)11(13)14-7-9-5-6-10(15-9)8-16-4/h5-7,13,15H,8H2,1-4H3. The predicted molar refractivity (Wildman–Crippen MR) is 66.3 cm³/mol. The first kappa shape index (κ1) is 12.6. The molecule has 1 aromatic heterocycles. The van der Waals surface area contributed by atoms with Crippen LogP contribution in [0.1, 0.15) is 32.2 Å². The molecule has 4 heteroatoms. The molecule has 4 nitrogen and oxygen atoms in total. The molecule has 0 saturated heterocycles. The Morgan fingerprint density at radius 3 is 2.75 bits per heavy atom. The van der Waals surface area contributed by atoms with E-state index in [1.54, 1.807) is 13.3 Å². The summed E-state index contributed by atoms with van der Waals surface area (Å²) in [6.45, 7) is 6.47. The Morgan fingerprint density at radius 1 is 1.50 bits per heavy atom. The minimum atomic E-state index is -0.210. The fourth-order valence-corrected chi connectivity index (χ4v) is 1.10. The number of rotatable bonds is 3. The summed E-state index contributed by atoms with van der Waals surface area (Å²) in [5.41, 5.74) is 1.69. The van der Waals surface area contributed by atoms with Crippen LogP contribution < -0.4 is 0 Å². The van der Waals surface area contributed by atoms with E-state index in [9.17, 15) is 0 Å². The van der Waals surface area contributed by atoms with Gasteiger partial charge in [-0.2, -0.15) is 0 Å². The molecule has 0 unspecified atom stereocenters. The third-order valence-corrected chi connectivity index (χ3v) is 2.11. The molecular formula is C12H19N3O. The zero-order chi connectivity index (χ0) is 12.2. The Kier molecular flexibility index (Phi) is 4.01. The molecule has 1 heterocycles. The van der Waals surface area contributed by atoms with E-state index in [0.717, 1.165) is 11.4 Å². The lowest BCUT2D eigenvalue weighted by Crippen LogP contribution is -2.16. The van der Waals surface area contributed by atoms with E-state index in [0.29, 0.717) is 12.4 Å². The smallest absolute Gasteiger partial charge is 0.125 e. The monoisotopic (exact) mass is 221 g/mol. The van der Waals surface area contributed by atoms with E-state index in [1.807, 2.05) is 32.9 Å². The molecule has 1 rings (SSSR count). The van der Waals surface area contributed by atoms with Crippen molar-refractivity contribution >= 4 is 12.1 Å². The van der Waals surface area contributed by atoms with Gasteiger partial charge in [-0.3, -0.25) is 5.41 Å². The molecule has 0 amide bonds. The van der Waals surface area contributed by atoms with Crippen molar-refractivity contribution in [2.24, 2.45) is 10.4 Å². The maximum atomic E-state index is 7.74. The highest BCUT2D eigenvalue weighted by molar-refractivity contribution is 5.94. The molecule has 2 N–H and O–H groups in total. The maximum absolute atomic E-state index is 7.74. The fraction of sp³-hybridized carbons (Fsp3) is 0.500. The lowest BCUT2D eigenvalue weighted by atomic mass is 9.95. The van der Waals surface area contributed by atoms with E-state index in [4.69, 9.17) is 10.1 Å². The molecule has 16 heavy (non-hydrogen) atoms. The predicted octanol–water partition coefficient (Wildman–Crippen LogP) is 2.60. The van der Waals surface area contributed by atoms with Crippen molar-refractivity contribution in [2.45, 2.75) is 27.4 Å². The Bertz CT molecular complexity index is 385. The van der Waals surface area contributed by atoms with Crippen molar-refractivity contribution in [1.29, 1.82) is 5.41 Å². The van der Waals surface area contributed by atoms with Crippen LogP contribution in [-0.4, -0.2) is 24.1 Å². The fourth-order valence-electron chi connectivity index (χ4n) is 1.10. The third-order valence-electron chi connectivity index (χ3n) is 2.11. The van der Waals surface area contributed by atoms with Crippen LogP contribution in [0.5, 0.6) is 0 Å². The van der Waals surface area contributed by atoms with Crippen molar-refractivity contribution in [3.8, 4) is 0 Å². The molecular weight excluding hydrogens is 202 g/mol.